The summed E-state index contributed by atoms with van der Waals surface area (Å²) in [6.45, 7) is 0. The Labute approximate surface area is 242 Å². The van der Waals surface area contributed by atoms with Crippen LogP contribution in [0, 0.1) is 0 Å². The third-order valence-electron chi connectivity index (χ3n) is 5.87. The average molecular weight is 565 g/mol. The lowest BCUT2D eigenvalue weighted by atomic mass is 10.1. The number of benzene rings is 5. The van der Waals surface area contributed by atoms with Crippen LogP contribution in [-0.2, 0) is 4.79 Å². The topological polar surface area (TPSA) is 67.4 Å². The Hall–Kier alpha value is -4.52. The van der Waals surface area contributed by atoms with Crippen molar-refractivity contribution in [3.8, 4) is 11.5 Å². The van der Waals surface area contributed by atoms with Gasteiger partial charge in [0.15, 0.2) is 0 Å². The van der Waals surface area contributed by atoms with Gasteiger partial charge in [-0.15, -0.1) is 11.8 Å². The van der Waals surface area contributed by atoms with Crippen LogP contribution in [0.1, 0.15) is 21.2 Å². The molecule has 0 spiro atoms. The first-order valence-corrected chi connectivity index (χ1v) is 13.8. The number of amides is 2. The van der Waals surface area contributed by atoms with E-state index in [2.05, 4.69) is 10.6 Å². The third kappa shape index (κ3) is 7.32. The summed E-state index contributed by atoms with van der Waals surface area (Å²) in [7, 11) is 0. The molecule has 1 atom stereocenters. The zero-order chi connectivity index (χ0) is 27.7. The molecule has 0 bridgehead atoms. The van der Waals surface area contributed by atoms with Gasteiger partial charge in [0, 0.05) is 26.9 Å². The Morgan fingerprint density at radius 2 is 1.32 bits per heavy atom. The lowest BCUT2D eigenvalue weighted by Crippen LogP contribution is -2.19. The first-order valence-electron chi connectivity index (χ1n) is 12.6. The van der Waals surface area contributed by atoms with Gasteiger partial charge >= 0.3 is 0 Å². The predicted octanol–water partition coefficient (Wildman–Crippen LogP) is 8.86. The minimum absolute atomic E-state index is 0.165. The van der Waals surface area contributed by atoms with Crippen LogP contribution in [0.2, 0.25) is 5.02 Å². The molecule has 5 nitrogen and oxygen atoms in total. The van der Waals surface area contributed by atoms with Gasteiger partial charge in [-0.05, 0) is 78.4 Å². The Kier molecular flexibility index (Phi) is 8.81. The highest BCUT2D eigenvalue weighted by molar-refractivity contribution is 8.00. The molecule has 0 aromatic heterocycles. The predicted molar refractivity (Wildman–Crippen MR) is 162 cm³/mol. The highest BCUT2D eigenvalue weighted by atomic mass is 35.5. The Morgan fingerprint density at radius 1 is 0.650 bits per heavy atom. The standard InChI is InChI=1S/C33H25ClN2O3S/c34-25-12-7-11-24(21-25)32(37)36-27-13-8-16-30(22-27)40-31(23-9-3-1-4-10-23)33(38)35-26-17-19-29(20-18-26)39-28-14-5-2-6-15-28/h1-22,31H,(H,35,38)(H,36,37). The molecule has 0 heterocycles. The lowest BCUT2D eigenvalue weighted by molar-refractivity contribution is -0.115. The summed E-state index contributed by atoms with van der Waals surface area (Å²) in [6, 6.07) is 40.6. The summed E-state index contributed by atoms with van der Waals surface area (Å²) in [6.07, 6.45) is 0. The van der Waals surface area contributed by atoms with Crippen LogP contribution in [0.3, 0.4) is 0 Å². The molecule has 0 saturated heterocycles. The fraction of sp³-hybridized carbons (Fsp3) is 0.0303. The number of carbonyl (C=O) groups excluding carboxylic acids is 2. The molecule has 0 saturated carbocycles. The molecular formula is C33H25ClN2O3S. The first-order chi connectivity index (χ1) is 19.5. The molecule has 40 heavy (non-hydrogen) atoms. The number of rotatable bonds is 9. The van der Waals surface area contributed by atoms with Crippen LogP contribution in [0.15, 0.2) is 138 Å². The van der Waals surface area contributed by atoms with Gasteiger partial charge in [0.2, 0.25) is 5.91 Å². The van der Waals surface area contributed by atoms with Gasteiger partial charge < -0.3 is 15.4 Å². The average Bonchev–Trinajstić information content (AvgIpc) is 2.98. The molecule has 198 valence electrons. The van der Waals surface area contributed by atoms with E-state index < -0.39 is 5.25 Å². The van der Waals surface area contributed by atoms with Crippen molar-refractivity contribution in [1.82, 2.24) is 0 Å². The zero-order valence-corrected chi connectivity index (χ0v) is 22.9. The molecule has 0 aliphatic rings. The maximum absolute atomic E-state index is 13.5. The van der Waals surface area contributed by atoms with E-state index in [0.29, 0.717) is 27.7 Å². The van der Waals surface area contributed by atoms with E-state index in [1.807, 2.05) is 109 Å². The SMILES string of the molecule is O=C(Nc1cccc(SC(C(=O)Nc2ccc(Oc3ccccc3)cc2)c2ccccc2)c1)c1cccc(Cl)c1. The van der Waals surface area contributed by atoms with Crippen molar-refractivity contribution < 1.29 is 14.3 Å². The Bertz CT molecular complexity index is 1600. The number of hydrogen-bond donors (Lipinski definition) is 2. The number of thioether (sulfide) groups is 1. The van der Waals surface area contributed by atoms with Crippen molar-refractivity contribution in [3.63, 3.8) is 0 Å². The van der Waals surface area contributed by atoms with E-state index in [-0.39, 0.29) is 11.8 Å². The Balaban J connectivity index is 1.30. The summed E-state index contributed by atoms with van der Waals surface area (Å²) in [4.78, 5) is 27.1. The lowest BCUT2D eigenvalue weighted by Gasteiger charge is -2.18. The van der Waals surface area contributed by atoms with Gasteiger partial charge in [0.05, 0.1) is 0 Å². The maximum Gasteiger partial charge on any atom is 0.255 e. The summed E-state index contributed by atoms with van der Waals surface area (Å²) in [5.74, 6) is 0.989. The van der Waals surface area contributed by atoms with Crippen LogP contribution in [-0.4, -0.2) is 11.8 Å². The second kappa shape index (κ2) is 13.0. The highest BCUT2D eigenvalue weighted by Gasteiger charge is 2.22. The number of ether oxygens (including phenoxy) is 1. The van der Waals surface area contributed by atoms with E-state index >= 15 is 0 Å². The monoisotopic (exact) mass is 564 g/mol. The molecule has 1 unspecified atom stereocenters. The number of nitrogens with one attached hydrogen (secondary N) is 2. The quantitative estimate of drug-likeness (QED) is 0.175. The molecule has 0 aliphatic carbocycles. The van der Waals surface area contributed by atoms with Crippen LogP contribution in [0.4, 0.5) is 11.4 Å². The van der Waals surface area contributed by atoms with E-state index in [1.54, 1.807) is 24.3 Å². The molecule has 5 aromatic carbocycles. The van der Waals surface area contributed by atoms with E-state index in [1.165, 1.54) is 11.8 Å². The van der Waals surface area contributed by atoms with Gasteiger partial charge in [-0.3, -0.25) is 9.59 Å². The van der Waals surface area contributed by atoms with Crippen LogP contribution < -0.4 is 15.4 Å². The van der Waals surface area contributed by atoms with Gasteiger partial charge in [-0.25, -0.2) is 0 Å². The summed E-state index contributed by atoms with van der Waals surface area (Å²) in [5.41, 5.74) is 2.61. The fourth-order valence-corrected chi connectivity index (χ4v) is 5.23. The highest BCUT2D eigenvalue weighted by Crippen LogP contribution is 2.37. The molecule has 5 aromatic rings. The van der Waals surface area contributed by atoms with Crippen molar-refractivity contribution in [2.24, 2.45) is 0 Å². The summed E-state index contributed by atoms with van der Waals surface area (Å²) >= 11 is 7.44. The third-order valence-corrected chi connectivity index (χ3v) is 7.36. The zero-order valence-electron chi connectivity index (χ0n) is 21.3. The fourth-order valence-electron chi connectivity index (χ4n) is 3.96. The first kappa shape index (κ1) is 27.1. The smallest absolute Gasteiger partial charge is 0.255 e. The van der Waals surface area contributed by atoms with Crippen molar-refractivity contribution in [2.45, 2.75) is 10.1 Å². The number of hydrogen-bond acceptors (Lipinski definition) is 4. The molecule has 2 N–H and O–H groups in total. The molecular weight excluding hydrogens is 540 g/mol. The van der Waals surface area contributed by atoms with E-state index in [4.69, 9.17) is 16.3 Å². The van der Waals surface area contributed by atoms with E-state index in [9.17, 15) is 9.59 Å². The number of para-hydroxylation sites is 1. The van der Waals surface area contributed by atoms with Gasteiger partial charge in [0.1, 0.15) is 16.7 Å². The van der Waals surface area contributed by atoms with Crippen LogP contribution >= 0.6 is 23.4 Å². The van der Waals surface area contributed by atoms with Crippen molar-refractivity contribution >= 4 is 46.6 Å². The van der Waals surface area contributed by atoms with Gasteiger partial charge in [-0.2, -0.15) is 0 Å². The number of halogens is 1. The minimum Gasteiger partial charge on any atom is -0.457 e. The molecule has 7 heteroatoms. The second-order valence-electron chi connectivity index (χ2n) is 8.83. The van der Waals surface area contributed by atoms with Crippen molar-refractivity contribution in [1.29, 1.82) is 0 Å². The summed E-state index contributed by atoms with van der Waals surface area (Å²) < 4.78 is 5.85. The maximum atomic E-state index is 13.5. The van der Waals surface area contributed by atoms with Gasteiger partial charge in [-0.1, -0.05) is 72.3 Å². The Morgan fingerprint density at radius 3 is 2.05 bits per heavy atom. The second-order valence-corrected chi connectivity index (χ2v) is 10.4. The van der Waals surface area contributed by atoms with Gasteiger partial charge in [0.25, 0.3) is 5.91 Å². The number of carbonyl (C=O) groups is 2. The molecule has 0 aliphatic heterocycles. The summed E-state index contributed by atoms with van der Waals surface area (Å²) in [5, 5.41) is 5.90. The number of anilines is 2. The molecule has 0 radical (unpaired) electrons. The van der Waals surface area contributed by atoms with Crippen LogP contribution in [0.25, 0.3) is 0 Å². The normalized spacial score (nSPS) is 11.3. The van der Waals surface area contributed by atoms with Crippen LogP contribution in [0.5, 0.6) is 11.5 Å². The molecule has 5 rings (SSSR count). The minimum atomic E-state index is -0.527. The van der Waals surface area contributed by atoms with Crippen molar-refractivity contribution in [3.05, 3.63) is 150 Å². The molecule has 2 amide bonds. The molecule has 0 fully saturated rings. The van der Waals surface area contributed by atoms with E-state index in [0.717, 1.165) is 16.2 Å². The largest absolute Gasteiger partial charge is 0.457 e. The van der Waals surface area contributed by atoms with Crippen molar-refractivity contribution in [2.75, 3.05) is 10.6 Å².